The Morgan fingerprint density at radius 3 is 2.62 bits per heavy atom. The second kappa shape index (κ2) is 8.22. The van der Waals surface area contributed by atoms with E-state index in [2.05, 4.69) is 11.1 Å². The molecule has 0 saturated heterocycles. The average Bonchev–Trinajstić information content (AvgIpc) is 2.64. The Morgan fingerprint density at radius 1 is 1.19 bits per heavy atom. The third-order valence-electron chi connectivity index (χ3n) is 3.84. The minimum absolute atomic E-state index is 0.0940. The molecule has 0 unspecified atom stereocenters. The van der Waals surface area contributed by atoms with Crippen molar-refractivity contribution in [3.8, 4) is 6.07 Å². The van der Waals surface area contributed by atoms with E-state index < -0.39 is 0 Å². The maximum atomic E-state index is 12.5. The van der Waals surface area contributed by atoms with Gasteiger partial charge in [-0.05, 0) is 36.2 Å². The van der Waals surface area contributed by atoms with Gasteiger partial charge in [0.1, 0.15) is 0 Å². The van der Waals surface area contributed by atoms with Crippen LogP contribution in [-0.2, 0) is 12.3 Å². The van der Waals surface area contributed by atoms with Crippen LogP contribution in [0.1, 0.15) is 22.4 Å². The Morgan fingerprint density at radius 2 is 1.92 bits per heavy atom. The van der Waals surface area contributed by atoms with Crippen LogP contribution >= 0.6 is 23.4 Å². The van der Waals surface area contributed by atoms with Gasteiger partial charge in [-0.15, -0.1) is 0 Å². The Bertz CT molecular complexity index is 1020. The van der Waals surface area contributed by atoms with Crippen LogP contribution in [0.2, 0.25) is 5.02 Å². The zero-order chi connectivity index (χ0) is 18.5. The first-order chi connectivity index (χ1) is 12.6. The van der Waals surface area contributed by atoms with Crippen molar-refractivity contribution in [3.05, 3.63) is 92.4 Å². The molecule has 3 rings (SSSR count). The highest BCUT2D eigenvalue weighted by Crippen LogP contribution is 2.25. The molecule has 1 aromatic heterocycles. The molecule has 0 spiro atoms. The van der Waals surface area contributed by atoms with E-state index in [4.69, 9.17) is 16.9 Å². The maximum absolute atomic E-state index is 12.5. The summed E-state index contributed by atoms with van der Waals surface area (Å²) in [5.41, 5.74) is 3.13. The number of halogens is 1. The zero-order valence-electron chi connectivity index (χ0n) is 14.1. The fourth-order valence-electron chi connectivity index (χ4n) is 2.48. The molecule has 0 aliphatic heterocycles. The number of nitriles is 1. The molecule has 2 aromatic carbocycles. The van der Waals surface area contributed by atoms with Gasteiger partial charge in [-0.3, -0.25) is 9.36 Å². The highest BCUT2D eigenvalue weighted by atomic mass is 35.5. The summed E-state index contributed by atoms with van der Waals surface area (Å²) in [6.07, 6.45) is 0. The van der Waals surface area contributed by atoms with Gasteiger partial charge >= 0.3 is 0 Å². The van der Waals surface area contributed by atoms with Gasteiger partial charge in [0.15, 0.2) is 5.16 Å². The lowest BCUT2D eigenvalue weighted by molar-refractivity contribution is 0.638. The summed E-state index contributed by atoms with van der Waals surface area (Å²) in [4.78, 5) is 17.0. The Hall–Kier alpha value is -2.55. The lowest BCUT2D eigenvalue weighted by Crippen LogP contribution is -2.23. The first-order valence-electron chi connectivity index (χ1n) is 8.00. The predicted molar refractivity (Wildman–Crippen MR) is 105 cm³/mol. The highest BCUT2D eigenvalue weighted by molar-refractivity contribution is 7.98. The molecule has 3 aromatic rings. The second-order valence-electron chi connectivity index (χ2n) is 5.79. The van der Waals surface area contributed by atoms with E-state index in [0.29, 0.717) is 33.7 Å². The quantitative estimate of drug-likeness (QED) is 0.485. The third-order valence-corrected chi connectivity index (χ3v) is 5.23. The molecule has 0 radical (unpaired) electrons. The van der Waals surface area contributed by atoms with Crippen molar-refractivity contribution in [1.82, 2.24) is 9.55 Å². The van der Waals surface area contributed by atoms with E-state index in [1.54, 1.807) is 16.7 Å². The second-order valence-corrected chi connectivity index (χ2v) is 7.14. The zero-order valence-corrected chi connectivity index (χ0v) is 15.7. The van der Waals surface area contributed by atoms with Crippen molar-refractivity contribution in [3.63, 3.8) is 0 Å². The molecule has 0 aliphatic rings. The molecule has 4 nitrogen and oxygen atoms in total. The molecule has 26 heavy (non-hydrogen) atoms. The van der Waals surface area contributed by atoms with Crippen molar-refractivity contribution in [2.45, 2.75) is 24.4 Å². The van der Waals surface area contributed by atoms with Crippen molar-refractivity contribution < 1.29 is 0 Å². The van der Waals surface area contributed by atoms with E-state index in [-0.39, 0.29) is 5.56 Å². The van der Waals surface area contributed by atoms with Gasteiger partial charge in [0.05, 0.1) is 18.2 Å². The summed E-state index contributed by atoms with van der Waals surface area (Å²) in [5, 5.41) is 10.3. The lowest BCUT2D eigenvalue weighted by atomic mass is 10.1. The first kappa shape index (κ1) is 18.2. The van der Waals surface area contributed by atoms with Crippen LogP contribution < -0.4 is 5.56 Å². The van der Waals surface area contributed by atoms with Crippen molar-refractivity contribution in [2.24, 2.45) is 0 Å². The molecule has 1 heterocycles. The summed E-state index contributed by atoms with van der Waals surface area (Å²) in [7, 11) is 0. The SMILES string of the molecule is Cc1cc(=O)n(Cc2ccc(C#N)cc2)c(SCc2ccccc2Cl)n1. The Balaban J connectivity index is 1.88. The van der Waals surface area contributed by atoms with Crippen molar-refractivity contribution in [2.75, 3.05) is 0 Å². The van der Waals surface area contributed by atoms with E-state index >= 15 is 0 Å². The van der Waals surface area contributed by atoms with Gasteiger partial charge in [-0.2, -0.15) is 5.26 Å². The standard InChI is InChI=1S/C20H16ClN3OS/c1-14-10-19(25)24(12-16-8-6-15(11-22)7-9-16)20(23-14)26-13-17-4-2-3-5-18(17)21/h2-10H,12-13H2,1H3. The van der Waals surface area contributed by atoms with Crippen molar-refractivity contribution >= 4 is 23.4 Å². The topological polar surface area (TPSA) is 58.7 Å². The number of nitrogens with zero attached hydrogens (tertiary/aromatic N) is 3. The molecule has 0 bridgehead atoms. The van der Waals surface area contributed by atoms with Crippen LogP contribution in [0, 0.1) is 18.3 Å². The molecule has 0 atom stereocenters. The summed E-state index contributed by atoms with van der Waals surface area (Å²) in [6, 6.07) is 18.5. The molecule has 6 heteroatoms. The Kier molecular flexibility index (Phi) is 5.77. The summed E-state index contributed by atoms with van der Waals surface area (Å²) in [6.45, 7) is 2.22. The Labute approximate surface area is 161 Å². The summed E-state index contributed by atoms with van der Waals surface area (Å²) in [5.74, 6) is 0.628. The largest absolute Gasteiger partial charge is 0.283 e. The number of hydrogen-bond acceptors (Lipinski definition) is 4. The third kappa shape index (κ3) is 4.34. The van der Waals surface area contributed by atoms with Crippen LogP contribution in [0.3, 0.4) is 0 Å². The van der Waals surface area contributed by atoms with E-state index in [1.807, 2.05) is 43.3 Å². The van der Waals surface area contributed by atoms with Gasteiger partial charge in [0.25, 0.3) is 5.56 Å². The van der Waals surface area contributed by atoms with Crippen LogP contribution in [-0.4, -0.2) is 9.55 Å². The number of hydrogen-bond donors (Lipinski definition) is 0. The minimum atomic E-state index is -0.0940. The molecule has 0 fully saturated rings. The summed E-state index contributed by atoms with van der Waals surface area (Å²) < 4.78 is 1.65. The molecule has 130 valence electrons. The highest BCUT2D eigenvalue weighted by Gasteiger charge is 2.10. The number of thioether (sulfide) groups is 1. The lowest BCUT2D eigenvalue weighted by Gasteiger charge is -2.13. The van der Waals surface area contributed by atoms with Crippen LogP contribution in [0.4, 0.5) is 0 Å². The first-order valence-corrected chi connectivity index (χ1v) is 9.37. The minimum Gasteiger partial charge on any atom is -0.283 e. The van der Waals surface area contributed by atoms with Gasteiger partial charge in [-0.1, -0.05) is 53.7 Å². The monoisotopic (exact) mass is 381 g/mol. The number of rotatable bonds is 5. The average molecular weight is 382 g/mol. The summed E-state index contributed by atoms with van der Waals surface area (Å²) >= 11 is 7.71. The van der Waals surface area contributed by atoms with Crippen LogP contribution in [0.5, 0.6) is 0 Å². The maximum Gasteiger partial charge on any atom is 0.254 e. The number of aromatic nitrogens is 2. The fourth-order valence-corrected chi connectivity index (χ4v) is 3.81. The predicted octanol–water partition coefficient (Wildman–Crippen LogP) is 4.42. The molecular weight excluding hydrogens is 366 g/mol. The molecule has 0 N–H and O–H groups in total. The van der Waals surface area contributed by atoms with Gasteiger partial charge in [-0.25, -0.2) is 4.98 Å². The smallest absolute Gasteiger partial charge is 0.254 e. The molecule has 0 saturated carbocycles. The van der Waals surface area contributed by atoms with Gasteiger partial charge < -0.3 is 0 Å². The van der Waals surface area contributed by atoms with Gasteiger partial charge in [0.2, 0.25) is 0 Å². The molecular formula is C20H16ClN3OS. The van der Waals surface area contributed by atoms with E-state index in [9.17, 15) is 4.79 Å². The number of aryl methyl sites for hydroxylation is 1. The van der Waals surface area contributed by atoms with Gasteiger partial charge in [0, 0.05) is 22.5 Å². The van der Waals surface area contributed by atoms with E-state index in [0.717, 1.165) is 11.1 Å². The molecule has 0 aliphatic carbocycles. The fraction of sp³-hybridized carbons (Fsp3) is 0.150. The number of benzene rings is 2. The van der Waals surface area contributed by atoms with Crippen LogP contribution in [0.25, 0.3) is 0 Å². The van der Waals surface area contributed by atoms with E-state index in [1.165, 1.54) is 17.8 Å². The van der Waals surface area contributed by atoms with Crippen molar-refractivity contribution in [1.29, 1.82) is 5.26 Å². The van der Waals surface area contributed by atoms with Crippen LogP contribution in [0.15, 0.2) is 64.5 Å². The normalized spacial score (nSPS) is 10.5. The molecule has 0 amide bonds.